The summed E-state index contributed by atoms with van der Waals surface area (Å²) < 4.78 is 50.7. The number of imide groups is 1. The number of hydrogen-bond donors (Lipinski definition) is 2. The summed E-state index contributed by atoms with van der Waals surface area (Å²) in [5, 5.41) is 9.14. The Kier molecular flexibility index (Phi) is 11.1. The van der Waals surface area contributed by atoms with Gasteiger partial charge in [0.15, 0.2) is 17.2 Å². The third-order valence-corrected chi connectivity index (χ3v) is 13.4. The van der Waals surface area contributed by atoms with Gasteiger partial charge in [0.25, 0.3) is 12.3 Å². The number of para-hydroxylation sites is 1. The average molecular weight is 867 g/mol. The number of imidazole rings is 1. The summed E-state index contributed by atoms with van der Waals surface area (Å²) in [4.78, 5) is 64.6. The number of likely N-dealkylation sites (tertiary alicyclic amines) is 1. The lowest BCUT2D eigenvalue weighted by Gasteiger charge is -2.36. The Hall–Kier alpha value is -5.97. The molecule has 0 spiro atoms. The molecule has 5 aliphatic rings. The van der Waals surface area contributed by atoms with Gasteiger partial charge in [0.1, 0.15) is 24.0 Å². The first-order chi connectivity index (χ1) is 30.6. The molecule has 19 heteroatoms. The van der Waals surface area contributed by atoms with Crippen molar-refractivity contribution in [3.05, 3.63) is 69.9 Å². The number of nitrogens with one attached hydrogen (secondary N) is 2. The van der Waals surface area contributed by atoms with Crippen LogP contribution in [0.4, 0.5) is 20.5 Å². The third kappa shape index (κ3) is 8.00. The fourth-order valence-corrected chi connectivity index (χ4v) is 10.1. The number of alkyl halides is 2. The van der Waals surface area contributed by atoms with E-state index in [1.54, 1.807) is 25.4 Å². The topological polar surface area (TPSA) is 183 Å². The first-order valence-corrected chi connectivity index (χ1v) is 21.8. The van der Waals surface area contributed by atoms with Gasteiger partial charge in [-0.15, -0.1) is 0 Å². The van der Waals surface area contributed by atoms with E-state index in [0.717, 1.165) is 71.1 Å². The maximum Gasteiger partial charge on any atom is 0.329 e. The highest BCUT2D eigenvalue weighted by Gasteiger charge is 2.40. The van der Waals surface area contributed by atoms with Crippen LogP contribution in [0.25, 0.3) is 16.7 Å². The number of aromatic nitrogens is 6. The summed E-state index contributed by atoms with van der Waals surface area (Å²) in [6.45, 7) is 4.32. The molecule has 17 nitrogen and oxygen atoms in total. The van der Waals surface area contributed by atoms with Crippen molar-refractivity contribution >= 4 is 46.1 Å². The van der Waals surface area contributed by atoms with E-state index in [1.165, 1.54) is 19.8 Å². The monoisotopic (exact) mass is 866 g/mol. The van der Waals surface area contributed by atoms with Crippen LogP contribution in [0.2, 0.25) is 0 Å². The lowest BCUT2D eigenvalue weighted by molar-refractivity contribution is -0.135. The fourth-order valence-electron chi connectivity index (χ4n) is 10.1. The lowest BCUT2D eigenvalue weighted by atomic mass is 9.81. The molecule has 2 bridgehead atoms. The number of morpholine rings is 1. The summed E-state index contributed by atoms with van der Waals surface area (Å²) in [6.07, 6.45) is 6.82. The number of carbonyl (C=O) groups is 3. The van der Waals surface area contributed by atoms with Gasteiger partial charge in [-0.2, -0.15) is 5.10 Å². The Bertz CT molecular complexity index is 2700. The van der Waals surface area contributed by atoms with Crippen molar-refractivity contribution in [2.24, 2.45) is 13.0 Å². The zero-order chi connectivity index (χ0) is 43.4. The minimum Gasteiger partial charge on any atom is -0.424 e. The number of hydrogen-bond acceptors (Lipinski definition) is 12. The summed E-state index contributed by atoms with van der Waals surface area (Å²) in [6, 6.07) is 6.74. The molecular formula is C44H48F2N10O7. The van der Waals surface area contributed by atoms with Crippen molar-refractivity contribution < 1.29 is 37.1 Å². The third-order valence-electron chi connectivity index (χ3n) is 13.4. The number of rotatable bonds is 10. The van der Waals surface area contributed by atoms with Gasteiger partial charge >= 0.3 is 5.69 Å². The number of fused-ring (bicyclic) bond motifs is 4. The van der Waals surface area contributed by atoms with Crippen LogP contribution in [0, 0.1) is 17.8 Å². The number of anilines is 2. The molecule has 63 heavy (non-hydrogen) atoms. The van der Waals surface area contributed by atoms with E-state index in [2.05, 4.69) is 42.4 Å². The molecule has 0 radical (unpaired) electrons. The van der Waals surface area contributed by atoms with Gasteiger partial charge in [-0.1, -0.05) is 17.9 Å². The number of carbonyl (C=O) groups excluding carboxylic acids is 3. The molecule has 1 saturated carbocycles. The number of halogens is 2. The van der Waals surface area contributed by atoms with Gasteiger partial charge in [0.05, 0.1) is 47.7 Å². The van der Waals surface area contributed by atoms with Gasteiger partial charge in [-0.3, -0.25) is 34.2 Å². The Labute approximate surface area is 360 Å². The van der Waals surface area contributed by atoms with Crippen LogP contribution in [0.15, 0.2) is 45.9 Å². The van der Waals surface area contributed by atoms with Crippen LogP contribution < -0.4 is 21.2 Å². The highest BCUT2D eigenvalue weighted by atomic mass is 19.3. The minimum absolute atomic E-state index is 0.0749. The Morgan fingerprint density at radius 1 is 1.06 bits per heavy atom. The number of ether oxygens (including phenoxy) is 2. The largest absolute Gasteiger partial charge is 0.424 e. The van der Waals surface area contributed by atoms with Gasteiger partial charge in [0, 0.05) is 51.8 Å². The maximum absolute atomic E-state index is 14.2. The number of oxazole rings is 1. The molecule has 8 heterocycles. The number of amides is 3. The van der Waals surface area contributed by atoms with E-state index in [0.29, 0.717) is 40.6 Å². The van der Waals surface area contributed by atoms with Gasteiger partial charge < -0.3 is 23.7 Å². The first kappa shape index (κ1) is 41.1. The zero-order valence-corrected chi connectivity index (χ0v) is 34.8. The molecule has 3 atom stereocenters. The average Bonchev–Trinajstić information content (AvgIpc) is 4.13. The van der Waals surface area contributed by atoms with E-state index in [4.69, 9.17) is 18.9 Å². The van der Waals surface area contributed by atoms with Crippen LogP contribution in [-0.2, 0) is 26.1 Å². The van der Waals surface area contributed by atoms with Crippen molar-refractivity contribution in [3.8, 4) is 11.8 Å². The van der Waals surface area contributed by atoms with Crippen LogP contribution >= 0.6 is 0 Å². The van der Waals surface area contributed by atoms with Crippen molar-refractivity contribution in [1.29, 1.82) is 0 Å². The van der Waals surface area contributed by atoms with E-state index in [9.17, 15) is 28.0 Å². The molecule has 1 aliphatic carbocycles. The molecule has 4 aromatic heterocycles. The predicted octanol–water partition coefficient (Wildman–Crippen LogP) is 4.32. The van der Waals surface area contributed by atoms with Crippen LogP contribution in [0.3, 0.4) is 0 Å². The molecule has 4 saturated heterocycles. The van der Waals surface area contributed by atoms with Crippen LogP contribution in [0.5, 0.6) is 0 Å². The van der Waals surface area contributed by atoms with Crippen molar-refractivity contribution in [2.75, 3.05) is 49.6 Å². The molecule has 5 aromatic rings. The van der Waals surface area contributed by atoms with E-state index >= 15 is 0 Å². The maximum atomic E-state index is 14.2. The number of piperidine rings is 2. The van der Waals surface area contributed by atoms with Crippen molar-refractivity contribution in [3.63, 3.8) is 0 Å². The Morgan fingerprint density at radius 3 is 2.63 bits per heavy atom. The Balaban J connectivity index is 0.700. The predicted molar refractivity (Wildman–Crippen MR) is 223 cm³/mol. The van der Waals surface area contributed by atoms with Gasteiger partial charge in [-0.05, 0) is 75.5 Å². The molecule has 1 aromatic carbocycles. The SMILES string of the molecule is Cn1c(=O)n(C2CCC(=O)NC2=O)c2cccc(C#CCOC3CCN(C[C@H]4CC[C@H](c5nc(C(F)F)c(NC(=O)c6cnn7ccc(N8C[C@H]9C[C@@H]8CO9)nc67)o5)CC4)CC3)c21. The lowest BCUT2D eigenvalue weighted by Crippen LogP contribution is -2.44. The van der Waals surface area contributed by atoms with E-state index in [-0.39, 0.29) is 72.6 Å². The summed E-state index contributed by atoms with van der Waals surface area (Å²) in [5.41, 5.74) is 1.40. The normalized spacial score (nSPS) is 24.4. The van der Waals surface area contributed by atoms with Crippen molar-refractivity contribution in [1.82, 2.24) is 38.9 Å². The second-order valence-corrected chi connectivity index (χ2v) is 17.3. The first-order valence-electron chi connectivity index (χ1n) is 21.8. The standard InChI is InChI=1S/C44H48F2N10O7/c1-52-37-26(4-2-6-32(37)56(44(52)60)33-11-12-35(57)49-41(33)59)5-3-19-61-29-13-16-53(17-14-29)22-25-7-9-27(10-8-25)42-50-36(38(45)46)43(63-42)51-40(58)31-21-47-55-18-15-34(48-39(31)55)54-23-30-20-28(54)24-62-30/h2,4,6,15,18,21,25,27-30,33,38H,7-14,16-17,19-20,22-24H2,1H3,(H,51,58)(H,49,57,59)/t25-,27-,28-,30-,33?/m1/s1. The molecule has 10 rings (SSSR count). The number of benzene rings is 1. The molecule has 330 valence electrons. The molecule has 2 N–H and O–H groups in total. The van der Waals surface area contributed by atoms with Gasteiger partial charge in [-0.25, -0.2) is 28.1 Å². The van der Waals surface area contributed by atoms with Crippen LogP contribution in [-0.4, -0.2) is 109 Å². The number of aryl methyl sites for hydroxylation is 1. The molecular weight excluding hydrogens is 819 g/mol. The highest BCUT2D eigenvalue weighted by molar-refractivity contribution is 6.08. The molecule has 5 fully saturated rings. The second kappa shape index (κ2) is 17.0. The molecule has 3 amide bonds. The minimum atomic E-state index is -2.94. The van der Waals surface area contributed by atoms with Crippen molar-refractivity contribution in [2.45, 2.75) is 94.4 Å². The summed E-state index contributed by atoms with van der Waals surface area (Å²) in [5.74, 6) is 5.71. The number of nitrogens with zero attached hydrogens (tertiary/aromatic N) is 8. The molecule has 4 aliphatic heterocycles. The van der Waals surface area contributed by atoms with E-state index in [1.807, 2.05) is 12.1 Å². The highest BCUT2D eigenvalue weighted by Crippen LogP contribution is 2.40. The fraction of sp³-hybridized carbons (Fsp3) is 0.523. The molecule has 1 unspecified atom stereocenters. The van der Waals surface area contributed by atoms with Crippen LogP contribution in [0.1, 0.15) is 104 Å². The second-order valence-electron chi connectivity index (χ2n) is 17.3. The summed E-state index contributed by atoms with van der Waals surface area (Å²) >= 11 is 0. The zero-order valence-electron chi connectivity index (χ0n) is 34.8. The van der Waals surface area contributed by atoms with E-state index < -0.39 is 30.0 Å². The van der Waals surface area contributed by atoms with Gasteiger partial charge in [0.2, 0.25) is 17.7 Å². The Morgan fingerprint density at radius 2 is 1.89 bits per heavy atom. The smallest absolute Gasteiger partial charge is 0.329 e. The quantitative estimate of drug-likeness (QED) is 0.150. The summed E-state index contributed by atoms with van der Waals surface area (Å²) in [7, 11) is 1.65.